The molecule has 0 aliphatic carbocycles. The minimum atomic E-state index is -0.916. The van der Waals surface area contributed by atoms with Crippen LogP contribution in [0.3, 0.4) is 0 Å². The fourth-order valence-corrected chi connectivity index (χ4v) is 2.67. The number of aliphatic carboxylic acids is 1. The normalized spacial score (nSPS) is 16.6. The van der Waals surface area contributed by atoms with Crippen LogP contribution in [0, 0.1) is 6.92 Å². The number of hydrogen-bond donors (Lipinski definition) is 1. The number of carbonyl (C=O) groups is 2. The Morgan fingerprint density at radius 1 is 1.24 bits per heavy atom. The predicted molar refractivity (Wildman–Crippen MR) is 77.5 cm³/mol. The maximum absolute atomic E-state index is 12.7. The van der Waals surface area contributed by atoms with Crippen molar-refractivity contribution in [2.24, 2.45) is 0 Å². The molecule has 1 N–H and O–H groups in total. The van der Waals surface area contributed by atoms with Crippen molar-refractivity contribution in [3.63, 3.8) is 0 Å². The highest BCUT2D eigenvalue weighted by molar-refractivity contribution is 6.09. The van der Waals surface area contributed by atoms with Crippen molar-refractivity contribution in [2.45, 2.75) is 12.8 Å². The first-order valence-corrected chi connectivity index (χ1v) is 6.65. The quantitative estimate of drug-likeness (QED) is 0.916. The van der Waals surface area contributed by atoms with Crippen molar-refractivity contribution < 1.29 is 14.7 Å². The van der Waals surface area contributed by atoms with E-state index in [0.29, 0.717) is 22.5 Å². The van der Waals surface area contributed by atoms with Crippen LogP contribution in [0.1, 0.15) is 27.5 Å². The molecule has 5 nitrogen and oxygen atoms in total. The number of carboxylic acid groups (broad SMARTS) is 1. The van der Waals surface area contributed by atoms with E-state index in [2.05, 4.69) is 4.98 Å². The number of carboxylic acids is 1. The Morgan fingerprint density at radius 2 is 2.00 bits per heavy atom. The van der Waals surface area contributed by atoms with E-state index in [4.69, 9.17) is 0 Å². The molecule has 0 spiro atoms. The van der Waals surface area contributed by atoms with E-state index in [1.165, 1.54) is 4.90 Å². The molecule has 1 amide bonds. The number of amides is 1. The van der Waals surface area contributed by atoms with Crippen LogP contribution in [-0.2, 0) is 4.79 Å². The highest BCUT2D eigenvalue weighted by atomic mass is 16.4. The molecule has 1 aliphatic heterocycles. The highest BCUT2D eigenvalue weighted by Gasteiger charge is 2.36. The van der Waals surface area contributed by atoms with E-state index in [9.17, 15) is 14.7 Å². The van der Waals surface area contributed by atoms with Crippen molar-refractivity contribution in [3.05, 3.63) is 59.4 Å². The molecule has 2 aromatic rings. The summed E-state index contributed by atoms with van der Waals surface area (Å²) in [6.07, 6.45) is 1.63. The summed E-state index contributed by atoms with van der Waals surface area (Å²) in [6.45, 7) is 1.92. The van der Waals surface area contributed by atoms with Gasteiger partial charge in [-0.3, -0.25) is 14.6 Å². The number of pyridine rings is 1. The minimum Gasteiger partial charge on any atom is -0.481 e. The second-order valence-corrected chi connectivity index (χ2v) is 5.00. The molecule has 1 atom stereocenters. The number of aromatic nitrogens is 1. The fraction of sp³-hybridized carbons (Fsp3) is 0.188. The Bertz CT molecular complexity index is 727. The van der Waals surface area contributed by atoms with Gasteiger partial charge in [-0.05, 0) is 30.7 Å². The van der Waals surface area contributed by atoms with Gasteiger partial charge in [-0.2, -0.15) is 0 Å². The number of benzene rings is 1. The zero-order chi connectivity index (χ0) is 15.0. The van der Waals surface area contributed by atoms with Gasteiger partial charge in [0.1, 0.15) is 5.92 Å². The van der Waals surface area contributed by atoms with E-state index in [1.807, 2.05) is 0 Å². The molecule has 1 aromatic heterocycles. The Labute approximate surface area is 121 Å². The average molecular weight is 282 g/mol. The van der Waals surface area contributed by atoms with Gasteiger partial charge in [-0.15, -0.1) is 0 Å². The molecule has 0 bridgehead atoms. The number of aryl methyl sites for hydroxylation is 1. The van der Waals surface area contributed by atoms with Gasteiger partial charge < -0.3 is 10.0 Å². The Balaban J connectivity index is 2.03. The monoisotopic (exact) mass is 282 g/mol. The number of nitrogens with zero attached hydrogens (tertiary/aromatic N) is 2. The molecule has 1 unspecified atom stereocenters. The number of anilines is 1. The van der Waals surface area contributed by atoms with Crippen molar-refractivity contribution in [1.82, 2.24) is 4.98 Å². The lowest BCUT2D eigenvalue weighted by Crippen LogP contribution is -2.31. The molecular formula is C16H14N2O3. The minimum absolute atomic E-state index is 0.155. The molecule has 2 heterocycles. The van der Waals surface area contributed by atoms with Crippen LogP contribution in [0.4, 0.5) is 5.69 Å². The lowest BCUT2D eigenvalue weighted by Gasteiger charge is -2.18. The number of hydrogen-bond acceptors (Lipinski definition) is 3. The van der Waals surface area contributed by atoms with E-state index >= 15 is 0 Å². The van der Waals surface area contributed by atoms with Gasteiger partial charge in [0.25, 0.3) is 5.91 Å². The van der Waals surface area contributed by atoms with E-state index in [1.54, 1.807) is 49.5 Å². The molecule has 1 aromatic carbocycles. The van der Waals surface area contributed by atoms with Crippen molar-refractivity contribution in [2.75, 3.05) is 11.4 Å². The summed E-state index contributed by atoms with van der Waals surface area (Å²) in [5.74, 6) is -1.81. The molecule has 5 heteroatoms. The van der Waals surface area contributed by atoms with E-state index in [-0.39, 0.29) is 12.5 Å². The van der Waals surface area contributed by atoms with Crippen molar-refractivity contribution in [3.8, 4) is 0 Å². The summed E-state index contributed by atoms with van der Waals surface area (Å²) in [5, 5.41) is 9.33. The van der Waals surface area contributed by atoms with Gasteiger partial charge in [0.05, 0.1) is 5.56 Å². The number of rotatable bonds is 2. The van der Waals surface area contributed by atoms with Crippen LogP contribution in [0.5, 0.6) is 0 Å². The van der Waals surface area contributed by atoms with Crippen molar-refractivity contribution >= 4 is 17.6 Å². The maximum atomic E-state index is 12.7. The van der Waals surface area contributed by atoms with Gasteiger partial charge in [0.15, 0.2) is 0 Å². The molecule has 21 heavy (non-hydrogen) atoms. The lowest BCUT2D eigenvalue weighted by molar-refractivity contribution is -0.138. The summed E-state index contributed by atoms with van der Waals surface area (Å²) in [7, 11) is 0. The third-order valence-electron chi connectivity index (χ3n) is 3.75. The second kappa shape index (κ2) is 5.01. The highest BCUT2D eigenvalue weighted by Crippen LogP contribution is 2.37. The standard InChI is InChI=1S/C16H14N2O3/c1-10-11(6-4-8-17-10)15(19)18-9-13(16(20)21)12-5-2-3-7-14(12)18/h2-8,13H,9H2,1H3,(H,20,21). The molecule has 3 rings (SSSR count). The predicted octanol–water partition coefficient (Wildman–Crippen LogP) is 2.22. The van der Waals surface area contributed by atoms with Crippen LogP contribution >= 0.6 is 0 Å². The van der Waals surface area contributed by atoms with Crippen LogP contribution in [0.2, 0.25) is 0 Å². The molecule has 106 valence electrons. The largest absolute Gasteiger partial charge is 0.481 e. The third kappa shape index (κ3) is 2.16. The molecule has 0 fully saturated rings. The van der Waals surface area contributed by atoms with Crippen molar-refractivity contribution in [1.29, 1.82) is 0 Å². The number of carbonyl (C=O) groups excluding carboxylic acids is 1. The summed E-state index contributed by atoms with van der Waals surface area (Å²) in [4.78, 5) is 29.7. The second-order valence-electron chi connectivity index (χ2n) is 5.00. The average Bonchev–Trinajstić information content (AvgIpc) is 2.87. The van der Waals surface area contributed by atoms with Gasteiger partial charge in [0.2, 0.25) is 0 Å². The van der Waals surface area contributed by atoms with Gasteiger partial charge in [-0.1, -0.05) is 18.2 Å². The Morgan fingerprint density at radius 3 is 2.71 bits per heavy atom. The zero-order valence-electron chi connectivity index (χ0n) is 11.5. The molecule has 0 saturated heterocycles. The number of fused-ring (bicyclic) bond motifs is 1. The number of para-hydroxylation sites is 1. The Hall–Kier alpha value is -2.69. The first-order valence-electron chi connectivity index (χ1n) is 6.65. The summed E-state index contributed by atoms with van der Waals surface area (Å²) in [6, 6.07) is 10.6. The van der Waals surface area contributed by atoms with E-state index < -0.39 is 11.9 Å². The topological polar surface area (TPSA) is 70.5 Å². The summed E-state index contributed by atoms with van der Waals surface area (Å²) < 4.78 is 0. The van der Waals surface area contributed by atoms with E-state index in [0.717, 1.165) is 0 Å². The SMILES string of the molecule is Cc1ncccc1C(=O)N1CC(C(=O)O)c2ccccc21. The first kappa shape index (κ1) is 13.3. The lowest BCUT2D eigenvalue weighted by atomic mass is 10.0. The third-order valence-corrected chi connectivity index (χ3v) is 3.75. The summed E-state index contributed by atoms with van der Waals surface area (Å²) >= 11 is 0. The molecular weight excluding hydrogens is 268 g/mol. The first-order chi connectivity index (χ1) is 10.1. The van der Waals surface area contributed by atoms with Crippen LogP contribution in [-0.4, -0.2) is 28.5 Å². The van der Waals surface area contributed by atoms with Gasteiger partial charge in [0, 0.05) is 24.1 Å². The molecule has 0 saturated carbocycles. The smallest absolute Gasteiger partial charge is 0.312 e. The summed E-state index contributed by atoms with van der Waals surface area (Å²) in [5.41, 5.74) is 2.48. The van der Waals surface area contributed by atoms with Crippen LogP contribution < -0.4 is 4.90 Å². The van der Waals surface area contributed by atoms with Crippen LogP contribution in [0.25, 0.3) is 0 Å². The van der Waals surface area contributed by atoms with Crippen LogP contribution in [0.15, 0.2) is 42.6 Å². The maximum Gasteiger partial charge on any atom is 0.312 e. The Kier molecular flexibility index (Phi) is 3.17. The molecule has 1 aliphatic rings. The molecule has 0 radical (unpaired) electrons. The zero-order valence-corrected chi connectivity index (χ0v) is 11.5. The fourth-order valence-electron chi connectivity index (χ4n) is 2.67. The van der Waals surface area contributed by atoms with Gasteiger partial charge >= 0.3 is 5.97 Å². The van der Waals surface area contributed by atoms with Gasteiger partial charge in [-0.25, -0.2) is 0 Å².